The zero-order valence-corrected chi connectivity index (χ0v) is 15.1. The van der Waals surface area contributed by atoms with Gasteiger partial charge in [0.2, 0.25) is 5.82 Å². The van der Waals surface area contributed by atoms with Crippen LogP contribution in [0.1, 0.15) is 41.4 Å². The van der Waals surface area contributed by atoms with E-state index < -0.39 is 0 Å². The highest BCUT2D eigenvalue weighted by Crippen LogP contribution is 2.24. The van der Waals surface area contributed by atoms with Gasteiger partial charge in [-0.2, -0.15) is 0 Å². The SMILES string of the molecule is CCc1nc(C(=O)N2Cc3ccccc3CC2C)nn1-c1ccccc1. The fourth-order valence-corrected chi connectivity index (χ4v) is 3.52. The molecule has 1 aliphatic rings. The molecule has 0 saturated heterocycles. The van der Waals surface area contributed by atoms with Gasteiger partial charge in [0.1, 0.15) is 5.82 Å². The number of hydrogen-bond acceptors (Lipinski definition) is 3. The van der Waals surface area contributed by atoms with Crippen LogP contribution in [0.4, 0.5) is 0 Å². The van der Waals surface area contributed by atoms with Gasteiger partial charge in [-0.25, -0.2) is 9.67 Å². The standard InChI is InChI=1S/C21H22N4O/c1-3-19-22-20(23-25(19)18-11-5-4-6-12-18)21(26)24-14-17-10-8-7-9-16(17)13-15(24)2/h4-12,15H,3,13-14H2,1-2H3. The van der Waals surface area contributed by atoms with Crippen LogP contribution in [0.5, 0.6) is 0 Å². The molecule has 132 valence electrons. The summed E-state index contributed by atoms with van der Waals surface area (Å²) in [5, 5.41) is 4.53. The Kier molecular flexibility index (Phi) is 4.29. The van der Waals surface area contributed by atoms with Crippen LogP contribution in [-0.4, -0.2) is 31.6 Å². The normalized spacial score (nSPS) is 16.4. The molecule has 1 aromatic heterocycles. The van der Waals surface area contributed by atoms with Gasteiger partial charge in [-0.1, -0.05) is 49.4 Å². The molecular formula is C21H22N4O. The Hall–Kier alpha value is -2.95. The average Bonchev–Trinajstić information content (AvgIpc) is 3.12. The van der Waals surface area contributed by atoms with Crippen LogP contribution in [-0.2, 0) is 19.4 Å². The minimum atomic E-state index is -0.101. The molecule has 0 saturated carbocycles. The fraction of sp³-hybridized carbons (Fsp3) is 0.286. The van der Waals surface area contributed by atoms with Gasteiger partial charge in [-0.15, -0.1) is 5.10 Å². The lowest BCUT2D eigenvalue weighted by Crippen LogP contribution is -2.43. The van der Waals surface area contributed by atoms with Gasteiger partial charge in [-0.3, -0.25) is 4.79 Å². The van der Waals surface area contributed by atoms with Crippen LogP contribution in [0.15, 0.2) is 54.6 Å². The van der Waals surface area contributed by atoms with Crippen molar-refractivity contribution >= 4 is 5.91 Å². The lowest BCUT2D eigenvalue weighted by Gasteiger charge is -2.34. The summed E-state index contributed by atoms with van der Waals surface area (Å²) >= 11 is 0. The van der Waals surface area contributed by atoms with E-state index in [-0.39, 0.29) is 17.8 Å². The van der Waals surface area contributed by atoms with Gasteiger partial charge < -0.3 is 4.90 Å². The maximum absolute atomic E-state index is 13.1. The molecule has 3 aromatic rings. The molecule has 1 amide bonds. The summed E-state index contributed by atoms with van der Waals surface area (Å²) in [6, 6.07) is 18.3. The summed E-state index contributed by atoms with van der Waals surface area (Å²) < 4.78 is 1.77. The number of hydrogen-bond donors (Lipinski definition) is 0. The first-order valence-corrected chi connectivity index (χ1v) is 9.06. The van der Waals surface area contributed by atoms with Gasteiger partial charge in [0.05, 0.1) is 5.69 Å². The van der Waals surface area contributed by atoms with Crippen molar-refractivity contribution in [1.29, 1.82) is 0 Å². The smallest absolute Gasteiger partial charge is 0.294 e. The van der Waals surface area contributed by atoms with E-state index in [9.17, 15) is 4.79 Å². The molecule has 5 nitrogen and oxygen atoms in total. The lowest BCUT2D eigenvalue weighted by atomic mass is 9.95. The summed E-state index contributed by atoms with van der Waals surface area (Å²) in [5.41, 5.74) is 3.45. The minimum absolute atomic E-state index is 0.101. The second kappa shape index (κ2) is 6.75. The molecule has 0 fully saturated rings. The van der Waals surface area contributed by atoms with Crippen LogP contribution < -0.4 is 0 Å². The number of para-hydroxylation sites is 1. The van der Waals surface area contributed by atoms with E-state index in [1.165, 1.54) is 11.1 Å². The van der Waals surface area contributed by atoms with Crippen molar-refractivity contribution in [2.75, 3.05) is 0 Å². The number of aryl methyl sites for hydroxylation is 1. The number of fused-ring (bicyclic) bond motifs is 1. The van der Waals surface area contributed by atoms with Crippen molar-refractivity contribution in [2.24, 2.45) is 0 Å². The Labute approximate surface area is 153 Å². The van der Waals surface area contributed by atoms with Crippen molar-refractivity contribution in [2.45, 2.75) is 39.3 Å². The van der Waals surface area contributed by atoms with Crippen LogP contribution in [0, 0.1) is 0 Å². The third kappa shape index (κ3) is 2.90. The van der Waals surface area contributed by atoms with Gasteiger partial charge >= 0.3 is 0 Å². The Morgan fingerprint density at radius 1 is 1.08 bits per heavy atom. The molecular weight excluding hydrogens is 324 g/mol. The maximum atomic E-state index is 13.1. The van der Waals surface area contributed by atoms with Crippen LogP contribution in [0.3, 0.4) is 0 Å². The molecule has 0 spiro atoms. The van der Waals surface area contributed by atoms with E-state index in [1.807, 2.05) is 48.2 Å². The van der Waals surface area contributed by atoms with E-state index in [0.717, 1.165) is 17.9 Å². The molecule has 4 rings (SSSR count). The summed E-state index contributed by atoms with van der Waals surface area (Å²) in [4.78, 5) is 19.5. The zero-order chi connectivity index (χ0) is 18.1. The monoisotopic (exact) mass is 346 g/mol. The number of aromatic nitrogens is 3. The van der Waals surface area contributed by atoms with Crippen LogP contribution in [0.2, 0.25) is 0 Å². The van der Waals surface area contributed by atoms with Crippen molar-refractivity contribution in [3.8, 4) is 5.69 Å². The molecule has 0 N–H and O–H groups in total. The maximum Gasteiger partial charge on any atom is 0.294 e. The van der Waals surface area contributed by atoms with Crippen LogP contribution in [0.25, 0.3) is 5.69 Å². The topological polar surface area (TPSA) is 51.0 Å². The van der Waals surface area contributed by atoms with Crippen molar-refractivity contribution in [3.63, 3.8) is 0 Å². The van der Waals surface area contributed by atoms with E-state index in [1.54, 1.807) is 4.68 Å². The Bertz CT molecular complexity index is 932. The second-order valence-corrected chi connectivity index (χ2v) is 6.71. The number of benzene rings is 2. The van der Waals surface area contributed by atoms with Gasteiger partial charge in [-0.05, 0) is 36.6 Å². The molecule has 26 heavy (non-hydrogen) atoms. The third-order valence-electron chi connectivity index (χ3n) is 4.95. The molecule has 0 aliphatic carbocycles. The highest BCUT2D eigenvalue weighted by molar-refractivity contribution is 5.91. The average molecular weight is 346 g/mol. The lowest BCUT2D eigenvalue weighted by molar-refractivity contribution is 0.0645. The number of nitrogens with zero attached hydrogens (tertiary/aromatic N) is 4. The van der Waals surface area contributed by atoms with E-state index in [2.05, 4.69) is 35.2 Å². The van der Waals surface area contributed by atoms with E-state index in [4.69, 9.17) is 0 Å². The Balaban J connectivity index is 1.66. The van der Waals surface area contributed by atoms with Gasteiger partial charge in [0, 0.05) is 19.0 Å². The molecule has 1 unspecified atom stereocenters. The van der Waals surface area contributed by atoms with Gasteiger partial charge in [0.25, 0.3) is 5.91 Å². The molecule has 0 radical (unpaired) electrons. The molecule has 1 atom stereocenters. The first-order valence-electron chi connectivity index (χ1n) is 9.06. The largest absolute Gasteiger partial charge is 0.328 e. The zero-order valence-electron chi connectivity index (χ0n) is 15.1. The number of carbonyl (C=O) groups excluding carboxylic acids is 1. The number of carbonyl (C=O) groups is 1. The highest BCUT2D eigenvalue weighted by Gasteiger charge is 2.30. The number of rotatable bonds is 3. The highest BCUT2D eigenvalue weighted by atomic mass is 16.2. The minimum Gasteiger partial charge on any atom is -0.328 e. The third-order valence-corrected chi connectivity index (χ3v) is 4.95. The summed E-state index contributed by atoms with van der Waals surface area (Å²) in [6.45, 7) is 4.72. The van der Waals surface area contributed by atoms with Crippen molar-refractivity contribution in [3.05, 3.63) is 77.4 Å². The molecule has 0 bridgehead atoms. The Morgan fingerprint density at radius 2 is 1.77 bits per heavy atom. The van der Waals surface area contributed by atoms with E-state index in [0.29, 0.717) is 13.0 Å². The van der Waals surface area contributed by atoms with Crippen molar-refractivity contribution in [1.82, 2.24) is 19.7 Å². The predicted octanol–water partition coefficient (Wildman–Crippen LogP) is 3.42. The first-order chi connectivity index (χ1) is 12.7. The molecule has 2 aromatic carbocycles. The summed E-state index contributed by atoms with van der Waals surface area (Å²) in [5.74, 6) is 0.970. The van der Waals surface area contributed by atoms with Crippen LogP contribution >= 0.6 is 0 Å². The van der Waals surface area contributed by atoms with E-state index >= 15 is 0 Å². The molecule has 2 heterocycles. The fourth-order valence-electron chi connectivity index (χ4n) is 3.52. The van der Waals surface area contributed by atoms with Gasteiger partial charge in [0.15, 0.2) is 0 Å². The first kappa shape index (κ1) is 16.5. The molecule has 5 heteroatoms. The number of amides is 1. The predicted molar refractivity (Wildman–Crippen MR) is 100 cm³/mol. The molecule has 1 aliphatic heterocycles. The Morgan fingerprint density at radius 3 is 2.50 bits per heavy atom. The quantitative estimate of drug-likeness (QED) is 0.730. The van der Waals surface area contributed by atoms with Crippen molar-refractivity contribution < 1.29 is 4.79 Å². The summed E-state index contributed by atoms with van der Waals surface area (Å²) in [6.07, 6.45) is 1.58. The second-order valence-electron chi connectivity index (χ2n) is 6.71. The summed E-state index contributed by atoms with van der Waals surface area (Å²) in [7, 11) is 0.